The van der Waals surface area contributed by atoms with E-state index in [1.165, 1.54) is 0 Å². The highest BCUT2D eigenvalue weighted by atomic mass is 16.6. The fourth-order valence-corrected chi connectivity index (χ4v) is 1.88. The maximum absolute atomic E-state index is 11.9. The Labute approximate surface area is 157 Å². The van der Waals surface area contributed by atoms with Crippen molar-refractivity contribution in [1.82, 2.24) is 21.3 Å². The Bertz CT molecular complexity index is 502. The molecule has 0 aliphatic heterocycles. The average molecular weight is 372 g/mol. The molecule has 0 unspecified atom stereocenters. The molecule has 0 aliphatic carbocycles. The molecule has 0 atom stereocenters. The number of alkyl carbamates (subject to hydrolysis) is 1. The third-order valence-electron chi connectivity index (χ3n) is 2.78. The van der Waals surface area contributed by atoms with Gasteiger partial charge in [0.2, 0.25) is 5.91 Å². The van der Waals surface area contributed by atoms with Crippen molar-refractivity contribution in [1.29, 1.82) is 0 Å². The lowest BCUT2D eigenvalue weighted by Crippen LogP contribution is -2.54. The van der Waals surface area contributed by atoms with Crippen molar-refractivity contribution >= 4 is 18.0 Å². The summed E-state index contributed by atoms with van der Waals surface area (Å²) in [4.78, 5) is 28.1. The lowest BCUT2D eigenvalue weighted by atomic mass is 10.1. The molecule has 0 aromatic rings. The number of carbonyl (C=O) groups excluding carboxylic acids is 2. The molecule has 0 bridgehead atoms. The van der Waals surface area contributed by atoms with Gasteiger partial charge >= 0.3 is 6.09 Å². The van der Waals surface area contributed by atoms with Gasteiger partial charge in [-0.15, -0.1) is 0 Å². The van der Waals surface area contributed by atoms with Crippen LogP contribution in [0.1, 0.15) is 62.3 Å². The van der Waals surface area contributed by atoms with E-state index < -0.39 is 17.2 Å². The summed E-state index contributed by atoms with van der Waals surface area (Å²) in [5.74, 6) is 0.358. The first-order valence-electron chi connectivity index (χ1n) is 8.98. The van der Waals surface area contributed by atoms with E-state index in [-0.39, 0.29) is 18.0 Å². The molecule has 8 nitrogen and oxygen atoms in total. The van der Waals surface area contributed by atoms with Crippen molar-refractivity contribution in [2.75, 3.05) is 19.6 Å². The molecule has 0 radical (unpaired) electrons. The minimum absolute atomic E-state index is 0.0204. The van der Waals surface area contributed by atoms with Crippen LogP contribution in [-0.2, 0) is 9.53 Å². The van der Waals surface area contributed by atoms with Gasteiger partial charge in [-0.3, -0.25) is 4.79 Å². The number of hydrogen-bond acceptors (Lipinski definition) is 4. The van der Waals surface area contributed by atoms with E-state index in [1.54, 1.807) is 0 Å². The van der Waals surface area contributed by atoms with E-state index in [2.05, 4.69) is 26.3 Å². The zero-order valence-corrected chi connectivity index (χ0v) is 17.8. The van der Waals surface area contributed by atoms with Crippen molar-refractivity contribution in [3.63, 3.8) is 0 Å². The van der Waals surface area contributed by atoms with Crippen LogP contribution in [0, 0.1) is 0 Å². The highest BCUT2D eigenvalue weighted by Gasteiger charge is 2.24. The summed E-state index contributed by atoms with van der Waals surface area (Å²) in [6.07, 6.45) is -0.476. The average Bonchev–Trinajstić information content (AvgIpc) is 2.37. The van der Waals surface area contributed by atoms with Crippen LogP contribution in [0.3, 0.4) is 0 Å². The quantitative estimate of drug-likeness (QED) is 0.421. The van der Waals surface area contributed by atoms with Crippen LogP contribution >= 0.6 is 0 Å². The summed E-state index contributed by atoms with van der Waals surface area (Å²) in [5.41, 5.74) is -1.41. The number of carbonyl (C=O) groups is 2. The number of guanidine groups is 1. The fraction of sp³-hybridized carbons (Fsp3) is 0.833. The number of nitrogens with one attached hydrogen (secondary N) is 4. The number of ether oxygens (including phenoxy) is 1. The van der Waals surface area contributed by atoms with Gasteiger partial charge in [0.25, 0.3) is 0 Å². The van der Waals surface area contributed by atoms with Crippen LogP contribution in [0.25, 0.3) is 0 Å². The zero-order chi connectivity index (χ0) is 20.6. The Morgan fingerprint density at radius 3 is 1.96 bits per heavy atom. The molecule has 0 heterocycles. The lowest BCUT2D eigenvalue weighted by Gasteiger charge is -2.29. The molecule has 26 heavy (non-hydrogen) atoms. The molecule has 0 rings (SSSR count). The molecular formula is C18H37N5O3. The topological polar surface area (TPSA) is 104 Å². The third-order valence-corrected chi connectivity index (χ3v) is 2.78. The van der Waals surface area contributed by atoms with E-state index in [4.69, 9.17) is 4.74 Å². The van der Waals surface area contributed by atoms with Gasteiger partial charge in [0.15, 0.2) is 5.96 Å². The summed E-state index contributed by atoms with van der Waals surface area (Å²) in [7, 11) is 0. The second kappa shape index (κ2) is 9.64. The van der Waals surface area contributed by atoms with E-state index in [9.17, 15) is 9.59 Å². The molecule has 0 saturated heterocycles. The van der Waals surface area contributed by atoms with E-state index in [1.807, 2.05) is 62.3 Å². The van der Waals surface area contributed by atoms with Crippen molar-refractivity contribution < 1.29 is 14.3 Å². The summed E-state index contributed by atoms with van der Waals surface area (Å²) >= 11 is 0. The Morgan fingerprint density at radius 2 is 1.50 bits per heavy atom. The smallest absolute Gasteiger partial charge is 0.408 e. The molecule has 152 valence electrons. The van der Waals surface area contributed by atoms with Gasteiger partial charge in [0.1, 0.15) is 12.1 Å². The number of hydrogen-bond donors (Lipinski definition) is 4. The summed E-state index contributed by atoms with van der Waals surface area (Å²) in [6.45, 7) is 18.0. The second-order valence-corrected chi connectivity index (χ2v) is 8.86. The largest absolute Gasteiger partial charge is 0.444 e. The SMILES string of the molecule is CCNC(=NCC(=O)NC(C)(C)C)NCC(C)(C)NC(=O)OC(C)(C)C. The molecule has 0 aromatic heterocycles. The molecule has 0 saturated carbocycles. The summed E-state index contributed by atoms with van der Waals surface area (Å²) in [5, 5.41) is 11.9. The van der Waals surface area contributed by atoms with Crippen molar-refractivity contribution in [3.05, 3.63) is 0 Å². The van der Waals surface area contributed by atoms with Crippen LogP contribution in [0.5, 0.6) is 0 Å². The first-order valence-corrected chi connectivity index (χ1v) is 8.98. The van der Waals surface area contributed by atoms with Crippen LogP contribution < -0.4 is 21.3 Å². The van der Waals surface area contributed by atoms with Gasteiger partial charge in [0, 0.05) is 18.6 Å². The molecule has 0 aliphatic rings. The van der Waals surface area contributed by atoms with Gasteiger partial charge in [-0.05, 0) is 62.3 Å². The lowest BCUT2D eigenvalue weighted by molar-refractivity contribution is -0.121. The Morgan fingerprint density at radius 1 is 0.923 bits per heavy atom. The molecule has 0 spiro atoms. The standard InChI is InChI=1S/C18H37N5O3/c1-10-19-14(20-11-13(24)22-16(2,3)4)21-12-18(8,9)23-15(25)26-17(5,6)7/h10-12H2,1-9H3,(H,22,24)(H,23,25)(H2,19,20,21). The van der Waals surface area contributed by atoms with E-state index in [0.717, 1.165) is 0 Å². The second-order valence-electron chi connectivity index (χ2n) is 8.86. The molecule has 8 heteroatoms. The maximum Gasteiger partial charge on any atom is 0.408 e. The van der Waals surface area contributed by atoms with Gasteiger partial charge in [-0.1, -0.05) is 0 Å². The summed E-state index contributed by atoms with van der Waals surface area (Å²) in [6, 6.07) is 0. The predicted molar refractivity (Wildman–Crippen MR) is 105 cm³/mol. The van der Waals surface area contributed by atoms with Crippen LogP contribution in [0.2, 0.25) is 0 Å². The van der Waals surface area contributed by atoms with Crippen molar-refractivity contribution in [2.45, 2.75) is 79.0 Å². The Balaban J connectivity index is 4.68. The summed E-state index contributed by atoms with van der Waals surface area (Å²) < 4.78 is 5.28. The predicted octanol–water partition coefficient (Wildman–Crippen LogP) is 1.76. The third kappa shape index (κ3) is 13.3. The van der Waals surface area contributed by atoms with E-state index in [0.29, 0.717) is 19.0 Å². The Kier molecular flexibility index (Phi) is 8.90. The zero-order valence-electron chi connectivity index (χ0n) is 17.8. The molecule has 0 aromatic carbocycles. The van der Waals surface area contributed by atoms with Crippen molar-refractivity contribution in [2.24, 2.45) is 4.99 Å². The number of aliphatic imine (C=N–C) groups is 1. The van der Waals surface area contributed by atoms with Gasteiger partial charge in [-0.25, -0.2) is 9.79 Å². The fourth-order valence-electron chi connectivity index (χ4n) is 1.88. The van der Waals surface area contributed by atoms with Crippen LogP contribution in [0.4, 0.5) is 4.79 Å². The first kappa shape index (κ1) is 24.0. The minimum atomic E-state index is -0.563. The normalized spacial score (nSPS) is 13.0. The molecule has 2 amide bonds. The number of rotatable bonds is 6. The van der Waals surface area contributed by atoms with Crippen LogP contribution in [0.15, 0.2) is 4.99 Å². The minimum Gasteiger partial charge on any atom is -0.444 e. The first-order chi connectivity index (χ1) is 11.6. The van der Waals surface area contributed by atoms with Crippen LogP contribution in [-0.4, -0.2) is 54.3 Å². The molecule has 0 fully saturated rings. The molecule has 4 N–H and O–H groups in total. The van der Waals surface area contributed by atoms with Gasteiger partial charge < -0.3 is 26.0 Å². The molecular weight excluding hydrogens is 334 g/mol. The maximum atomic E-state index is 11.9. The van der Waals surface area contributed by atoms with Gasteiger partial charge in [0.05, 0.1) is 5.54 Å². The monoisotopic (exact) mass is 371 g/mol. The van der Waals surface area contributed by atoms with Crippen molar-refractivity contribution in [3.8, 4) is 0 Å². The number of amides is 2. The number of nitrogens with zero attached hydrogens (tertiary/aromatic N) is 1. The Hall–Kier alpha value is -1.99. The van der Waals surface area contributed by atoms with E-state index >= 15 is 0 Å². The highest BCUT2D eigenvalue weighted by Crippen LogP contribution is 2.09. The highest BCUT2D eigenvalue weighted by molar-refractivity contribution is 5.85. The van der Waals surface area contributed by atoms with Gasteiger partial charge in [-0.2, -0.15) is 0 Å².